The lowest BCUT2D eigenvalue weighted by Crippen LogP contribution is -2.53. The topological polar surface area (TPSA) is 64.7 Å². The van der Waals surface area contributed by atoms with Gasteiger partial charge in [-0.05, 0) is 35.4 Å². The Labute approximate surface area is 182 Å². The Kier molecular flexibility index (Phi) is 6.48. The molecule has 2 N–H and O–H groups in total. The van der Waals surface area contributed by atoms with Gasteiger partial charge in [0.05, 0.1) is 6.54 Å². The summed E-state index contributed by atoms with van der Waals surface area (Å²) in [7, 11) is 0. The number of benzene rings is 3. The number of amides is 3. The van der Waals surface area contributed by atoms with Crippen molar-refractivity contribution < 1.29 is 9.59 Å². The van der Waals surface area contributed by atoms with E-state index in [1.165, 1.54) is 16.3 Å². The normalized spacial score (nSPS) is 15.0. The molecule has 3 aromatic rings. The molecule has 1 aliphatic rings. The van der Waals surface area contributed by atoms with Crippen LogP contribution in [0.5, 0.6) is 0 Å². The number of urea groups is 1. The predicted octanol–water partition coefficient (Wildman–Crippen LogP) is 3.87. The third-order valence-electron chi connectivity index (χ3n) is 5.79. The van der Waals surface area contributed by atoms with E-state index >= 15 is 0 Å². The SMILES string of the molecule is CC(NCC(=O)N1CCN(C(=O)Nc2ccccc2)CC1)c1cccc2ccccc12. The second kappa shape index (κ2) is 9.62. The van der Waals surface area contributed by atoms with Crippen molar-refractivity contribution >= 4 is 28.4 Å². The van der Waals surface area contributed by atoms with E-state index in [0.29, 0.717) is 26.2 Å². The third-order valence-corrected chi connectivity index (χ3v) is 5.79. The maximum atomic E-state index is 12.7. The van der Waals surface area contributed by atoms with Crippen molar-refractivity contribution in [2.24, 2.45) is 0 Å². The monoisotopic (exact) mass is 416 g/mol. The minimum atomic E-state index is -0.124. The van der Waals surface area contributed by atoms with Crippen LogP contribution in [0.15, 0.2) is 72.8 Å². The summed E-state index contributed by atoms with van der Waals surface area (Å²) in [5, 5.41) is 8.67. The van der Waals surface area contributed by atoms with Crippen LogP contribution in [0.3, 0.4) is 0 Å². The molecular weight excluding hydrogens is 388 g/mol. The Hall–Kier alpha value is -3.38. The van der Waals surface area contributed by atoms with Gasteiger partial charge in [-0.2, -0.15) is 0 Å². The molecule has 0 bridgehead atoms. The number of para-hydroxylation sites is 1. The molecule has 0 spiro atoms. The summed E-state index contributed by atoms with van der Waals surface area (Å²) < 4.78 is 0. The highest BCUT2D eigenvalue weighted by atomic mass is 16.2. The fourth-order valence-electron chi connectivity index (χ4n) is 3.97. The molecule has 1 fully saturated rings. The van der Waals surface area contributed by atoms with Crippen LogP contribution < -0.4 is 10.6 Å². The number of rotatable bonds is 5. The lowest BCUT2D eigenvalue weighted by Gasteiger charge is -2.35. The van der Waals surface area contributed by atoms with Crippen LogP contribution in [0, 0.1) is 0 Å². The molecule has 1 atom stereocenters. The van der Waals surface area contributed by atoms with Crippen molar-refractivity contribution in [3.8, 4) is 0 Å². The molecule has 4 rings (SSSR count). The largest absolute Gasteiger partial charge is 0.338 e. The molecule has 0 aliphatic carbocycles. The van der Waals surface area contributed by atoms with Crippen LogP contribution in [-0.4, -0.2) is 54.5 Å². The molecule has 1 heterocycles. The van der Waals surface area contributed by atoms with Gasteiger partial charge in [0.2, 0.25) is 5.91 Å². The Morgan fingerprint density at radius 3 is 2.26 bits per heavy atom. The van der Waals surface area contributed by atoms with Crippen LogP contribution in [-0.2, 0) is 4.79 Å². The molecule has 1 unspecified atom stereocenters. The maximum Gasteiger partial charge on any atom is 0.321 e. The van der Waals surface area contributed by atoms with Crippen LogP contribution >= 0.6 is 0 Å². The van der Waals surface area contributed by atoms with Crippen molar-refractivity contribution in [2.75, 3.05) is 38.0 Å². The van der Waals surface area contributed by atoms with E-state index in [1.807, 2.05) is 47.4 Å². The van der Waals surface area contributed by atoms with Gasteiger partial charge in [-0.25, -0.2) is 4.79 Å². The van der Waals surface area contributed by atoms with Gasteiger partial charge in [-0.1, -0.05) is 60.7 Å². The van der Waals surface area contributed by atoms with E-state index < -0.39 is 0 Å². The molecule has 31 heavy (non-hydrogen) atoms. The van der Waals surface area contributed by atoms with Gasteiger partial charge in [-0.15, -0.1) is 0 Å². The van der Waals surface area contributed by atoms with Gasteiger partial charge in [0.1, 0.15) is 0 Å². The minimum Gasteiger partial charge on any atom is -0.338 e. The first-order valence-corrected chi connectivity index (χ1v) is 10.7. The number of nitrogens with one attached hydrogen (secondary N) is 2. The molecular formula is C25H28N4O2. The van der Waals surface area contributed by atoms with Crippen molar-refractivity contribution in [1.29, 1.82) is 0 Å². The number of anilines is 1. The zero-order chi connectivity index (χ0) is 21.6. The highest BCUT2D eigenvalue weighted by molar-refractivity contribution is 5.89. The highest BCUT2D eigenvalue weighted by Gasteiger charge is 2.24. The zero-order valence-corrected chi connectivity index (χ0v) is 17.8. The Morgan fingerprint density at radius 1 is 0.839 bits per heavy atom. The quantitative estimate of drug-likeness (QED) is 0.664. The van der Waals surface area contributed by atoms with Crippen LogP contribution in [0.4, 0.5) is 10.5 Å². The molecule has 1 aliphatic heterocycles. The molecule has 0 saturated carbocycles. The average Bonchev–Trinajstić information content (AvgIpc) is 2.82. The summed E-state index contributed by atoms with van der Waals surface area (Å²) in [6.45, 7) is 4.52. The number of nitrogens with zero attached hydrogens (tertiary/aromatic N) is 2. The summed E-state index contributed by atoms with van der Waals surface area (Å²) >= 11 is 0. The predicted molar refractivity (Wildman–Crippen MR) is 124 cm³/mol. The van der Waals surface area contributed by atoms with E-state index in [2.05, 4.69) is 47.9 Å². The number of fused-ring (bicyclic) bond motifs is 1. The Morgan fingerprint density at radius 2 is 1.48 bits per heavy atom. The van der Waals surface area contributed by atoms with Gasteiger partial charge in [-0.3, -0.25) is 4.79 Å². The van der Waals surface area contributed by atoms with Gasteiger partial charge in [0.15, 0.2) is 0 Å². The number of piperazine rings is 1. The second-order valence-electron chi connectivity index (χ2n) is 7.83. The first kappa shape index (κ1) is 20.9. The van der Waals surface area contributed by atoms with E-state index in [-0.39, 0.29) is 24.5 Å². The molecule has 3 aromatic carbocycles. The summed E-state index contributed by atoms with van der Waals surface area (Å²) in [6, 6.07) is 23.9. The molecule has 3 amide bonds. The summed E-state index contributed by atoms with van der Waals surface area (Å²) in [6.07, 6.45) is 0. The summed E-state index contributed by atoms with van der Waals surface area (Å²) in [4.78, 5) is 28.7. The van der Waals surface area contributed by atoms with Gasteiger partial charge >= 0.3 is 6.03 Å². The Bertz CT molecular complexity index is 1040. The number of carbonyl (C=O) groups is 2. The molecule has 6 heteroatoms. The van der Waals surface area contributed by atoms with Gasteiger partial charge in [0.25, 0.3) is 0 Å². The molecule has 1 saturated heterocycles. The molecule has 160 valence electrons. The standard InChI is InChI=1S/C25H28N4O2/c1-19(22-13-7-9-20-8-5-6-12-23(20)22)26-18-24(30)28-14-16-29(17-15-28)25(31)27-21-10-3-2-4-11-21/h2-13,19,26H,14-18H2,1H3,(H,27,31). The van der Waals surface area contributed by atoms with Gasteiger partial charge < -0.3 is 20.4 Å². The van der Waals surface area contributed by atoms with E-state index in [1.54, 1.807) is 4.90 Å². The first-order valence-electron chi connectivity index (χ1n) is 10.7. The van der Waals surface area contributed by atoms with Crippen LogP contribution in [0.2, 0.25) is 0 Å². The fourth-order valence-corrected chi connectivity index (χ4v) is 3.97. The Balaban J connectivity index is 1.27. The van der Waals surface area contributed by atoms with E-state index in [4.69, 9.17) is 0 Å². The highest BCUT2D eigenvalue weighted by Crippen LogP contribution is 2.24. The minimum absolute atomic E-state index is 0.0630. The van der Waals surface area contributed by atoms with Crippen molar-refractivity contribution in [2.45, 2.75) is 13.0 Å². The maximum absolute atomic E-state index is 12.7. The smallest absolute Gasteiger partial charge is 0.321 e. The number of hydrogen-bond donors (Lipinski definition) is 2. The molecule has 6 nitrogen and oxygen atoms in total. The summed E-state index contributed by atoms with van der Waals surface area (Å²) in [5.41, 5.74) is 1.96. The molecule has 0 aromatic heterocycles. The molecule has 0 radical (unpaired) electrons. The second-order valence-corrected chi connectivity index (χ2v) is 7.83. The van der Waals surface area contributed by atoms with Crippen molar-refractivity contribution in [1.82, 2.24) is 15.1 Å². The first-order chi connectivity index (χ1) is 15.1. The van der Waals surface area contributed by atoms with Crippen LogP contribution in [0.25, 0.3) is 10.8 Å². The number of hydrogen-bond acceptors (Lipinski definition) is 3. The van der Waals surface area contributed by atoms with E-state index in [0.717, 1.165) is 5.69 Å². The number of carbonyl (C=O) groups excluding carboxylic acids is 2. The van der Waals surface area contributed by atoms with Gasteiger partial charge in [0, 0.05) is 37.9 Å². The lowest BCUT2D eigenvalue weighted by molar-refractivity contribution is -0.131. The van der Waals surface area contributed by atoms with Crippen LogP contribution in [0.1, 0.15) is 18.5 Å². The van der Waals surface area contributed by atoms with Crippen molar-refractivity contribution in [3.63, 3.8) is 0 Å². The van der Waals surface area contributed by atoms with Crippen molar-refractivity contribution in [3.05, 3.63) is 78.4 Å². The van der Waals surface area contributed by atoms with E-state index in [9.17, 15) is 9.59 Å². The average molecular weight is 417 g/mol. The lowest BCUT2D eigenvalue weighted by atomic mass is 10.00. The fraction of sp³-hybridized carbons (Fsp3) is 0.280. The third kappa shape index (κ3) is 5.03. The zero-order valence-electron chi connectivity index (χ0n) is 17.8. The summed E-state index contributed by atoms with van der Waals surface area (Å²) in [5.74, 6) is 0.0650.